The predicted molar refractivity (Wildman–Crippen MR) is 169 cm³/mol. The molecule has 7 nitrogen and oxygen atoms in total. The van der Waals surface area contributed by atoms with Crippen LogP contribution in [0, 0.1) is 0 Å². The van der Waals surface area contributed by atoms with Crippen LogP contribution in [0.2, 0.25) is 0 Å². The van der Waals surface area contributed by atoms with Gasteiger partial charge < -0.3 is 15.2 Å². The maximum absolute atomic E-state index is 13.9. The molecule has 7 rings (SSSR count). The van der Waals surface area contributed by atoms with E-state index in [0.29, 0.717) is 27.8 Å². The number of phenols is 1. The number of rotatable bonds is 6. The number of carbonyl (C=O) groups excluding carboxylic acids is 4. The molecule has 1 saturated carbocycles. The maximum Gasteiger partial charge on any atom is 0.348 e. The predicted octanol–water partition coefficient (Wildman–Crippen LogP) is 6.44. The summed E-state index contributed by atoms with van der Waals surface area (Å²) in [6.07, 6.45) is 4.97. The largest absolute Gasteiger partial charge is 0.508 e. The fraction of sp³-hybridized carbons (Fsp3) is 0.158. The van der Waals surface area contributed by atoms with E-state index in [-0.39, 0.29) is 39.8 Å². The molecule has 0 heterocycles. The quantitative estimate of drug-likeness (QED) is 0.151. The number of Topliss-reactive ketones (excluding diaryl/α,β-unsaturated/α-hetero) is 2. The van der Waals surface area contributed by atoms with Crippen LogP contribution in [0.15, 0.2) is 108 Å². The third-order valence-corrected chi connectivity index (χ3v) is 8.68. The van der Waals surface area contributed by atoms with Gasteiger partial charge in [0, 0.05) is 28.3 Å². The SMILES string of the molecule is O=C(NC1CCCCC1)C1=C(c2ccccc2)c2ccc(OC(=O)C3=C(c4ccccc4)c4ccc(O)cc4C3=O)cc2C1=O. The Morgan fingerprint density at radius 3 is 1.84 bits per heavy atom. The van der Waals surface area contributed by atoms with Crippen LogP contribution in [-0.2, 0) is 9.59 Å². The minimum absolute atomic E-state index is 0.0193. The zero-order valence-corrected chi connectivity index (χ0v) is 24.3. The minimum Gasteiger partial charge on any atom is -0.508 e. The first-order chi connectivity index (χ1) is 21.9. The number of ether oxygens (including phenoxy) is 1. The van der Waals surface area contributed by atoms with Crippen LogP contribution in [0.3, 0.4) is 0 Å². The van der Waals surface area contributed by atoms with Crippen molar-refractivity contribution in [3.8, 4) is 11.5 Å². The number of esters is 1. The van der Waals surface area contributed by atoms with E-state index in [9.17, 15) is 24.3 Å². The highest BCUT2D eigenvalue weighted by molar-refractivity contribution is 6.37. The highest BCUT2D eigenvalue weighted by atomic mass is 16.5. The first kappa shape index (κ1) is 28.2. The Labute approximate surface area is 259 Å². The molecule has 3 aliphatic rings. The van der Waals surface area contributed by atoms with Crippen LogP contribution < -0.4 is 10.1 Å². The second-order valence-corrected chi connectivity index (χ2v) is 11.5. The van der Waals surface area contributed by atoms with E-state index in [0.717, 1.165) is 37.7 Å². The van der Waals surface area contributed by atoms with Crippen molar-refractivity contribution >= 4 is 34.6 Å². The second-order valence-electron chi connectivity index (χ2n) is 11.5. The van der Waals surface area contributed by atoms with Crippen molar-refractivity contribution in [1.29, 1.82) is 0 Å². The van der Waals surface area contributed by atoms with Crippen LogP contribution in [0.1, 0.15) is 75.1 Å². The molecule has 3 aliphatic carbocycles. The van der Waals surface area contributed by atoms with E-state index in [4.69, 9.17) is 4.74 Å². The molecular weight excluding hydrogens is 566 g/mol. The van der Waals surface area contributed by atoms with Crippen molar-refractivity contribution in [2.24, 2.45) is 0 Å². The lowest BCUT2D eigenvalue weighted by molar-refractivity contribution is -0.129. The Hall–Kier alpha value is -5.56. The van der Waals surface area contributed by atoms with Gasteiger partial charge in [0.05, 0.1) is 5.57 Å². The van der Waals surface area contributed by atoms with Gasteiger partial charge in [-0.15, -0.1) is 0 Å². The zero-order valence-electron chi connectivity index (χ0n) is 24.3. The summed E-state index contributed by atoms with van der Waals surface area (Å²) in [4.78, 5) is 54.7. The Bertz CT molecular complexity index is 1950. The number of nitrogens with one attached hydrogen (secondary N) is 1. The number of fused-ring (bicyclic) bond motifs is 2. The third-order valence-electron chi connectivity index (χ3n) is 8.68. The van der Waals surface area contributed by atoms with Crippen molar-refractivity contribution in [2.45, 2.75) is 38.1 Å². The van der Waals surface area contributed by atoms with Gasteiger partial charge >= 0.3 is 5.97 Å². The van der Waals surface area contributed by atoms with Gasteiger partial charge in [-0.05, 0) is 71.5 Å². The Kier molecular flexibility index (Phi) is 7.22. The van der Waals surface area contributed by atoms with Gasteiger partial charge in [-0.3, -0.25) is 14.4 Å². The standard InChI is InChI=1S/C38H29NO6/c40-25-16-18-27-29(20-25)36(42)34(32(27)23-12-6-2-7-13-23)38(44)45-26-17-19-28-30(21-26)35(41)33(31(28)22-10-4-1-5-11-22)37(43)39-24-14-8-3-9-15-24/h1-2,4-7,10-13,16-21,24,40H,3,8-9,14-15H2,(H,39,43). The smallest absolute Gasteiger partial charge is 0.348 e. The molecule has 0 radical (unpaired) electrons. The Balaban J connectivity index is 1.24. The monoisotopic (exact) mass is 595 g/mol. The summed E-state index contributed by atoms with van der Waals surface area (Å²) in [6, 6.07) is 27.5. The average molecular weight is 596 g/mol. The summed E-state index contributed by atoms with van der Waals surface area (Å²) in [5.74, 6) is -2.32. The molecule has 2 N–H and O–H groups in total. The number of aromatic hydroxyl groups is 1. The average Bonchev–Trinajstić information content (AvgIpc) is 3.52. The molecule has 1 fully saturated rings. The highest BCUT2D eigenvalue weighted by Crippen LogP contribution is 2.42. The fourth-order valence-electron chi connectivity index (χ4n) is 6.58. The van der Waals surface area contributed by atoms with Gasteiger partial charge in [0.25, 0.3) is 5.91 Å². The molecule has 0 bridgehead atoms. The number of ketones is 2. The summed E-state index contributed by atoms with van der Waals surface area (Å²) in [6.45, 7) is 0. The molecular formula is C38H29NO6. The number of hydrogen-bond donors (Lipinski definition) is 2. The number of hydrogen-bond acceptors (Lipinski definition) is 6. The van der Waals surface area contributed by atoms with Gasteiger partial charge in [0.2, 0.25) is 5.78 Å². The topological polar surface area (TPSA) is 110 Å². The lowest BCUT2D eigenvalue weighted by atomic mass is 9.94. The van der Waals surface area contributed by atoms with Gasteiger partial charge in [-0.1, -0.05) is 79.9 Å². The molecule has 0 aromatic heterocycles. The normalized spacial score (nSPS) is 16.1. The second kappa shape index (κ2) is 11.5. The summed E-state index contributed by atoms with van der Waals surface area (Å²) in [5.41, 5.74) is 3.78. The van der Waals surface area contributed by atoms with E-state index in [1.807, 2.05) is 36.4 Å². The summed E-state index contributed by atoms with van der Waals surface area (Å²) in [5, 5.41) is 13.1. The van der Waals surface area contributed by atoms with Crippen LogP contribution >= 0.6 is 0 Å². The fourth-order valence-corrected chi connectivity index (χ4v) is 6.58. The molecule has 45 heavy (non-hydrogen) atoms. The summed E-state index contributed by atoms with van der Waals surface area (Å²) >= 11 is 0. The van der Waals surface area contributed by atoms with Crippen LogP contribution in [0.4, 0.5) is 0 Å². The van der Waals surface area contributed by atoms with Gasteiger partial charge in [0.1, 0.15) is 17.1 Å². The first-order valence-electron chi connectivity index (χ1n) is 15.1. The van der Waals surface area contributed by atoms with Crippen LogP contribution in [-0.4, -0.2) is 34.6 Å². The van der Waals surface area contributed by atoms with E-state index >= 15 is 0 Å². The maximum atomic E-state index is 13.9. The molecule has 0 atom stereocenters. The lowest BCUT2D eigenvalue weighted by Gasteiger charge is -2.23. The van der Waals surface area contributed by atoms with Crippen molar-refractivity contribution in [3.63, 3.8) is 0 Å². The van der Waals surface area contributed by atoms with E-state index in [1.165, 1.54) is 18.2 Å². The van der Waals surface area contributed by atoms with E-state index < -0.39 is 23.4 Å². The van der Waals surface area contributed by atoms with Gasteiger partial charge in [0.15, 0.2) is 5.78 Å². The number of benzene rings is 4. The first-order valence-corrected chi connectivity index (χ1v) is 15.1. The number of carbonyl (C=O) groups is 4. The molecule has 7 heteroatoms. The highest BCUT2D eigenvalue weighted by Gasteiger charge is 2.38. The Morgan fingerprint density at radius 2 is 1.20 bits per heavy atom. The molecule has 0 spiro atoms. The molecule has 0 unspecified atom stereocenters. The number of amides is 1. The molecule has 0 aliphatic heterocycles. The van der Waals surface area contributed by atoms with Crippen molar-refractivity contribution in [3.05, 3.63) is 142 Å². The Morgan fingerprint density at radius 1 is 0.644 bits per heavy atom. The number of phenolic OH excluding ortho intramolecular Hbond substituents is 1. The minimum atomic E-state index is -0.883. The molecule has 222 valence electrons. The lowest BCUT2D eigenvalue weighted by Crippen LogP contribution is -2.38. The zero-order chi connectivity index (χ0) is 31.1. The van der Waals surface area contributed by atoms with Crippen LogP contribution in [0.25, 0.3) is 11.1 Å². The van der Waals surface area contributed by atoms with E-state index in [2.05, 4.69) is 5.32 Å². The molecule has 4 aromatic rings. The van der Waals surface area contributed by atoms with Gasteiger partial charge in [-0.2, -0.15) is 0 Å². The van der Waals surface area contributed by atoms with Crippen molar-refractivity contribution in [1.82, 2.24) is 5.32 Å². The third kappa shape index (κ3) is 5.06. The van der Waals surface area contributed by atoms with Crippen molar-refractivity contribution < 1.29 is 29.0 Å². The van der Waals surface area contributed by atoms with Gasteiger partial charge in [-0.25, -0.2) is 4.79 Å². The summed E-state index contributed by atoms with van der Waals surface area (Å²) < 4.78 is 5.76. The molecule has 1 amide bonds. The summed E-state index contributed by atoms with van der Waals surface area (Å²) in [7, 11) is 0. The van der Waals surface area contributed by atoms with Crippen LogP contribution in [0.5, 0.6) is 11.5 Å². The molecule has 0 saturated heterocycles. The molecule has 4 aromatic carbocycles. The van der Waals surface area contributed by atoms with Crippen molar-refractivity contribution in [2.75, 3.05) is 0 Å². The van der Waals surface area contributed by atoms with E-state index in [1.54, 1.807) is 42.5 Å².